The quantitative estimate of drug-likeness (QED) is 0.591. The van der Waals surface area contributed by atoms with Crippen molar-refractivity contribution in [3.63, 3.8) is 0 Å². The summed E-state index contributed by atoms with van der Waals surface area (Å²) in [5.74, 6) is -2.05. The lowest BCUT2D eigenvalue weighted by Gasteiger charge is -2.28. The largest absolute Gasteiger partial charge is 0.459 e. The summed E-state index contributed by atoms with van der Waals surface area (Å²) in [6.07, 6.45) is 8.61. The van der Waals surface area contributed by atoms with Gasteiger partial charge in [-0.15, -0.1) is 0 Å². The number of ether oxygens (including phenoxy) is 1. The number of esters is 1. The van der Waals surface area contributed by atoms with Crippen LogP contribution in [0.1, 0.15) is 48.9 Å². The molecule has 0 aliphatic heterocycles. The van der Waals surface area contributed by atoms with Crippen molar-refractivity contribution >= 4 is 5.97 Å². The first-order valence-electron chi connectivity index (χ1n) is 7.81. The normalized spacial score (nSPS) is 21.1. The Morgan fingerprint density at radius 1 is 1.26 bits per heavy atom. The summed E-state index contributed by atoms with van der Waals surface area (Å²) in [6.45, 7) is 0. The lowest BCUT2D eigenvalue weighted by Crippen LogP contribution is -2.24. The molecule has 0 radical (unpaired) electrons. The Bertz CT molecular complexity index is 614. The topological polar surface area (TPSA) is 50.1 Å². The highest BCUT2D eigenvalue weighted by molar-refractivity contribution is 5.89. The van der Waals surface area contributed by atoms with Gasteiger partial charge in [-0.05, 0) is 62.6 Å². The number of benzene rings is 1. The number of hydrogen-bond acceptors (Lipinski definition) is 3. The molecule has 1 aliphatic carbocycles. The van der Waals surface area contributed by atoms with Gasteiger partial charge in [0.2, 0.25) is 0 Å². The highest BCUT2D eigenvalue weighted by atomic mass is 19.2. The molecule has 0 amide bonds. The minimum Gasteiger partial charge on any atom is -0.459 e. The van der Waals surface area contributed by atoms with Gasteiger partial charge in [0.25, 0.3) is 0 Å². The molecule has 0 atom stereocenters. The number of allylic oxidation sites excluding steroid dienone is 2. The van der Waals surface area contributed by atoms with Crippen LogP contribution < -0.4 is 0 Å². The standard InChI is InChI=1S/C18H19F2NO2/c19-16-10-7-14(12-17(16)20)18(22)23-15-8-5-13(6-9-15)4-2-1-3-11-21/h1,3,7,10,12-13,15H,2,4-6,8-9H2/t13-,15-. The summed E-state index contributed by atoms with van der Waals surface area (Å²) < 4.78 is 31.4. The van der Waals surface area contributed by atoms with E-state index in [9.17, 15) is 13.6 Å². The minimum atomic E-state index is -1.05. The van der Waals surface area contributed by atoms with Crippen LogP contribution in [0.5, 0.6) is 0 Å². The van der Waals surface area contributed by atoms with Gasteiger partial charge in [-0.3, -0.25) is 0 Å². The van der Waals surface area contributed by atoms with Crippen LogP contribution in [0.3, 0.4) is 0 Å². The van der Waals surface area contributed by atoms with Crippen LogP contribution in [0.25, 0.3) is 0 Å². The van der Waals surface area contributed by atoms with Crippen LogP contribution in [-0.4, -0.2) is 12.1 Å². The molecule has 0 N–H and O–H groups in total. The lowest BCUT2D eigenvalue weighted by molar-refractivity contribution is 0.0162. The Hall–Kier alpha value is -2.22. The summed E-state index contributed by atoms with van der Waals surface area (Å²) in [5.41, 5.74) is 0.0349. The van der Waals surface area contributed by atoms with Crippen molar-refractivity contribution < 1.29 is 18.3 Å². The molecule has 122 valence electrons. The number of nitriles is 1. The summed E-state index contributed by atoms with van der Waals surface area (Å²) in [4.78, 5) is 12.0. The van der Waals surface area contributed by atoms with Crippen LogP contribution in [-0.2, 0) is 4.74 Å². The molecule has 23 heavy (non-hydrogen) atoms. The van der Waals surface area contributed by atoms with Crippen molar-refractivity contribution in [2.45, 2.75) is 44.6 Å². The number of halogens is 2. The van der Waals surface area contributed by atoms with E-state index in [0.717, 1.165) is 50.7 Å². The molecule has 1 aliphatic rings. The maximum Gasteiger partial charge on any atom is 0.338 e. The van der Waals surface area contributed by atoms with E-state index in [1.54, 1.807) is 0 Å². The SMILES string of the molecule is N#CC=CCC[C@H]1CC[C@H](OC(=O)c2ccc(F)c(F)c2)CC1. The lowest BCUT2D eigenvalue weighted by atomic mass is 9.84. The van der Waals surface area contributed by atoms with Crippen molar-refractivity contribution in [1.29, 1.82) is 5.26 Å². The second kappa shape index (κ2) is 8.42. The monoisotopic (exact) mass is 319 g/mol. The third-order valence-electron chi connectivity index (χ3n) is 4.16. The van der Waals surface area contributed by atoms with E-state index in [4.69, 9.17) is 10.00 Å². The molecular weight excluding hydrogens is 300 g/mol. The van der Waals surface area contributed by atoms with E-state index >= 15 is 0 Å². The predicted molar refractivity (Wildman–Crippen MR) is 81.5 cm³/mol. The van der Waals surface area contributed by atoms with Crippen LogP contribution in [0.15, 0.2) is 30.4 Å². The number of nitrogens with zero attached hydrogens (tertiary/aromatic N) is 1. The van der Waals surface area contributed by atoms with Crippen molar-refractivity contribution in [2.24, 2.45) is 5.92 Å². The molecule has 5 heteroatoms. The first-order valence-corrected chi connectivity index (χ1v) is 7.81. The van der Waals surface area contributed by atoms with Gasteiger partial charge in [0.05, 0.1) is 11.6 Å². The zero-order valence-electron chi connectivity index (χ0n) is 12.8. The Morgan fingerprint density at radius 2 is 2.00 bits per heavy atom. The fraction of sp³-hybridized carbons (Fsp3) is 0.444. The van der Waals surface area contributed by atoms with Gasteiger partial charge >= 0.3 is 5.97 Å². The summed E-state index contributed by atoms with van der Waals surface area (Å²) in [5, 5.41) is 8.42. The van der Waals surface area contributed by atoms with Crippen LogP contribution >= 0.6 is 0 Å². The molecule has 2 rings (SSSR count). The molecular formula is C18H19F2NO2. The average molecular weight is 319 g/mol. The molecule has 1 aromatic rings. The molecule has 3 nitrogen and oxygen atoms in total. The molecule has 1 aromatic carbocycles. The Kier molecular flexibility index (Phi) is 6.28. The Morgan fingerprint density at radius 3 is 2.65 bits per heavy atom. The molecule has 1 fully saturated rings. The average Bonchev–Trinajstić information content (AvgIpc) is 2.55. The molecule has 0 unspecified atom stereocenters. The van der Waals surface area contributed by atoms with Crippen molar-refractivity contribution in [1.82, 2.24) is 0 Å². The van der Waals surface area contributed by atoms with Gasteiger partial charge in [0.15, 0.2) is 11.6 Å². The number of carbonyl (C=O) groups is 1. The third-order valence-corrected chi connectivity index (χ3v) is 4.16. The number of carbonyl (C=O) groups excluding carboxylic acids is 1. The summed E-state index contributed by atoms with van der Waals surface area (Å²) in [7, 11) is 0. The highest BCUT2D eigenvalue weighted by Gasteiger charge is 2.24. The van der Waals surface area contributed by atoms with Crippen LogP contribution in [0, 0.1) is 28.9 Å². The maximum absolute atomic E-state index is 13.1. The van der Waals surface area contributed by atoms with E-state index < -0.39 is 17.6 Å². The van der Waals surface area contributed by atoms with Gasteiger partial charge in [0, 0.05) is 6.08 Å². The molecule has 0 aromatic heterocycles. The maximum atomic E-state index is 13.1. The van der Waals surface area contributed by atoms with E-state index in [-0.39, 0.29) is 11.7 Å². The second-order valence-electron chi connectivity index (χ2n) is 5.79. The number of rotatable bonds is 5. The zero-order valence-corrected chi connectivity index (χ0v) is 12.8. The van der Waals surface area contributed by atoms with Gasteiger partial charge < -0.3 is 4.74 Å². The van der Waals surface area contributed by atoms with Crippen molar-refractivity contribution in [3.8, 4) is 6.07 Å². The Labute approximate surface area is 134 Å². The Balaban J connectivity index is 1.77. The van der Waals surface area contributed by atoms with E-state index in [1.165, 1.54) is 12.1 Å². The van der Waals surface area contributed by atoms with Gasteiger partial charge in [-0.1, -0.05) is 6.08 Å². The van der Waals surface area contributed by atoms with Gasteiger partial charge in [-0.25, -0.2) is 13.6 Å². The zero-order chi connectivity index (χ0) is 16.7. The van der Waals surface area contributed by atoms with Gasteiger partial charge in [-0.2, -0.15) is 5.26 Å². The first-order chi connectivity index (χ1) is 11.1. The van der Waals surface area contributed by atoms with Crippen LogP contribution in [0.4, 0.5) is 8.78 Å². The molecule has 1 saturated carbocycles. The predicted octanol–water partition coefficient (Wildman–Crippen LogP) is 4.54. The molecule has 0 saturated heterocycles. The second-order valence-corrected chi connectivity index (χ2v) is 5.79. The minimum absolute atomic E-state index is 0.0349. The fourth-order valence-corrected chi connectivity index (χ4v) is 2.85. The van der Waals surface area contributed by atoms with E-state index in [2.05, 4.69) is 0 Å². The van der Waals surface area contributed by atoms with Crippen molar-refractivity contribution in [2.75, 3.05) is 0 Å². The summed E-state index contributed by atoms with van der Waals surface area (Å²) in [6, 6.07) is 4.99. The van der Waals surface area contributed by atoms with Gasteiger partial charge in [0.1, 0.15) is 6.10 Å². The molecule has 0 spiro atoms. The molecule has 0 bridgehead atoms. The van der Waals surface area contributed by atoms with Crippen LogP contribution in [0.2, 0.25) is 0 Å². The number of hydrogen-bond donors (Lipinski definition) is 0. The van der Waals surface area contributed by atoms with E-state index in [0.29, 0.717) is 5.92 Å². The first kappa shape index (κ1) is 17.1. The summed E-state index contributed by atoms with van der Waals surface area (Å²) >= 11 is 0. The van der Waals surface area contributed by atoms with E-state index in [1.807, 2.05) is 12.1 Å². The highest BCUT2D eigenvalue weighted by Crippen LogP contribution is 2.30. The fourth-order valence-electron chi connectivity index (χ4n) is 2.85. The molecule has 0 heterocycles. The third kappa shape index (κ3) is 5.17. The smallest absolute Gasteiger partial charge is 0.338 e. The van der Waals surface area contributed by atoms with Crippen molar-refractivity contribution in [3.05, 3.63) is 47.5 Å².